The van der Waals surface area contributed by atoms with E-state index in [1.807, 2.05) is 25.1 Å². The normalized spacial score (nSPS) is 10.7. The van der Waals surface area contributed by atoms with Crippen LogP contribution in [0.4, 0.5) is 0 Å². The molecule has 0 aliphatic rings. The van der Waals surface area contributed by atoms with Crippen LogP contribution in [0.5, 0.6) is 5.75 Å². The first-order valence-electron chi connectivity index (χ1n) is 6.57. The van der Waals surface area contributed by atoms with Crippen LogP contribution in [0.3, 0.4) is 0 Å². The molecule has 0 saturated carbocycles. The van der Waals surface area contributed by atoms with Crippen LogP contribution in [0.25, 0.3) is 10.1 Å². The van der Waals surface area contributed by atoms with E-state index in [9.17, 15) is 9.90 Å². The molecule has 106 valence electrons. The topological polar surface area (TPSA) is 46.5 Å². The van der Waals surface area contributed by atoms with Crippen LogP contribution < -0.4 is 4.74 Å². The quantitative estimate of drug-likeness (QED) is 0.772. The lowest BCUT2D eigenvalue weighted by atomic mass is 10.1. The van der Waals surface area contributed by atoms with Gasteiger partial charge in [-0.15, -0.1) is 11.3 Å². The Morgan fingerprint density at radius 2 is 2.05 bits per heavy atom. The first-order valence-corrected chi connectivity index (χ1v) is 7.45. The first kappa shape index (κ1) is 13.6. The predicted octanol–water partition coefficient (Wildman–Crippen LogP) is 4.49. The number of aromatic carboxylic acids is 1. The number of carboxylic acids is 1. The van der Waals surface area contributed by atoms with Gasteiger partial charge in [0.25, 0.3) is 0 Å². The molecule has 0 amide bonds. The molecule has 3 rings (SSSR count). The van der Waals surface area contributed by atoms with E-state index in [-0.39, 0.29) is 5.56 Å². The number of aryl methyl sites for hydroxylation is 1. The first-order chi connectivity index (χ1) is 10.1. The maximum absolute atomic E-state index is 11.3. The van der Waals surface area contributed by atoms with Gasteiger partial charge in [0.05, 0.1) is 0 Å². The number of carboxylic acid groups (broad SMARTS) is 1. The van der Waals surface area contributed by atoms with Crippen molar-refractivity contribution in [3.63, 3.8) is 0 Å². The summed E-state index contributed by atoms with van der Waals surface area (Å²) in [5.41, 5.74) is 2.18. The minimum atomic E-state index is -0.969. The molecule has 1 heterocycles. The highest BCUT2D eigenvalue weighted by atomic mass is 32.1. The molecule has 21 heavy (non-hydrogen) atoms. The summed E-state index contributed by atoms with van der Waals surface area (Å²) in [4.78, 5) is 11.3. The summed E-state index contributed by atoms with van der Waals surface area (Å²) < 4.78 is 6.94. The van der Waals surface area contributed by atoms with Gasteiger partial charge in [-0.2, -0.15) is 0 Å². The number of carbonyl (C=O) groups is 1. The molecule has 0 radical (unpaired) electrons. The summed E-state index contributed by atoms with van der Waals surface area (Å²) in [6, 6.07) is 13.3. The largest absolute Gasteiger partial charge is 0.488 e. The Hall–Kier alpha value is -2.33. The molecule has 0 unspecified atom stereocenters. The zero-order valence-electron chi connectivity index (χ0n) is 11.5. The van der Waals surface area contributed by atoms with Gasteiger partial charge < -0.3 is 9.84 Å². The Morgan fingerprint density at radius 1 is 1.24 bits per heavy atom. The zero-order valence-corrected chi connectivity index (χ0v) is 12.3. The summed E-state index contributed by atoms with van der Waals surface area (Å²) in [7, 11) is 0. The minimum absolute atomic E-state index is 0.203. The third-order valence-corrected chi connectivity index (χ3v) is 4.32. The molecule has 1 N–H and O–H groups in total. The van der Waals surface area contributed by atoms with Crippen LogP contribution in [0.2, 0.25) is 0 Å². The van der Waals surface area contributed by atoms with Gasteiger partial charge in [0.2, 0.25) is 0 Å². The van der Waals surface area contributed by atoms with E-state index in [0.29, 0.717) is 12.4 Å². The number of rotatable bonds is 4. The standard InChI is InChI=1S/C17H14O3S/c1-11-6-7-15(14(8-11)17(18)19)20-9-12-10-21-16-5-3-2-4-13(12)16/h2-8,10H,9H2,1H3,(H,18,19). The van der Waals surface area contributed by atoms with Gasteiger partial charge >= 0.3 is 5.97 Å². The molecule has 3 aromatic rings. The molecule has 0 saturated heterocycles. The van der Waals surface area contributed by atoms with Crippen LogP contribution >= 0.6 is 11.3 Å². The molecule has 2 aromatic carbocycles. The Balaban J connectivity index is 1.87. The monoisotopic (exact) mass is 298 g/mol. The van der Waals surface area contributed by atoms with E-state index in [2.05, 4.69) is 17.5 Å². The van der Waals surface area contributed by atoms with E-state index in [1.54, 1.807) is 23.5 Å². The molecule has 0 spiro atoms. The average Bonchev–Trinajstić information content (AvgIpc) is 2.89. The van der Waals surface area contributed by atoms with Crippen molar-refractivity contribution in [1.82, 2.24) is 0 Å². The van der Waals surface area contributed by atoms with Gasteiger partial charge in [0.1, 0.15) is 17.9 Å². The molecule has 0 atom stereocenters. The van der Waals surface area contributed by atoms with Crippen LogP contribution in [-0.4, -0.2) is 11.1 Å². The Labute approximate surface area is 126 Å². The number of hydrogen-bond acceptors (Lipinski definition) is 3. The summed E-state index contributed by atoms with van der Waals surface area (Å²) in [6.07, 6.45) is 0. The van der Waals surface area contributed by atoms with E-state index in [4.69, 9.17) is 4.74 Å². The summed E-state index contributed by atoms with van der Waals surface area (Å²) in [5, 5.41) is 12.5. The van der Waals surface area contributed by atoms with Crippen molar-refractivity contribution in [1.29, 1.82) is 0 Å². The lowest BCUT2D eigenvalue weighted by molar-refractivity contribution is 0.0691. The second-order valence-electron chi connectivity index (χ2n) is 4.85. The van der Waals surface area contributed by atoms with Crippen LogP contribution in [-0.2, 0) is 6.61 Å². The maximum atomic E-state index is 11.3. The minimum Gasteiger partial charge on any atom is -0.488 e. The molecular weight excluding hydrogens is 284 g/mol. The number of thiophene rings is 1. The maximum Gasteiger partial charge on any atom is 0.339 e. The Bertz CT molecular complexity index is 805. The van der Waals surface area contributed by atoms with Gasteiger partial charge in [-0.1, -0.05) is 29.8 Å². The van der Waals surface area contributed by atoms with Crippen LogP contribution in [0.1, 0.15) is 21.5 Å². The number of hydrogen-bond donors (Lipinski definition) is 1. The number of benzene rings is 2. The molecule has 0 aliphatic heterocycles. The lowest BCUT2D eigenvalue weighted by Crippen LogP contribution is -2.03. The fourth-order valence-electron chi connectivity index (χ4n) is 2.24. The Kier molecular flexibility index (Phi) is 3.62. The van der Waals surface area contributed by atoms with Gasteiger partial charge in [-0.3, -0.25) is 0 Å². The van der Waals surface area contributed by atoms with Crippen molar-refractivity contribution in [2.45, 2.75) is 13.5 Å². The van der Waals surface area contributed by atoms with E-state index < -0.39 is 5.97 Å². The molecule has 3 nitrogen and oxygen atoms in total. The van der Waals surface area contributed by atoms with Crippen LogP contribution in [0, 0.1) is 6.92 Å². The van der Waals surface area contributed by atoms with Crippen LogP contribution in [0.15, 0.2) is 47.8 Å². The molecule has 1 aromatic heterocycles. The Morgan fingerprint density at radius 3 is 2.86 bits per heavy atom. The predicted molar refractivity (Wildman–Crippen MR) is 84.3 cm³/mol. The number of ether oxygens (including phenoxy) is 1. The van der Waals surface area contributed by atoms with Gasteiger partial charge in [0, 0.05) is 10.3 Å². The van der Waals surface area contributed by atoms with Gasteiger partial charge in [-0.25, -0.2) is 4.79 Å². The summed E-state index contributed by atoms with van der Waals surface area (Å²) in [5.74, 6) is -0.563. The smallest absolute Gasteiger partial charge is 0.339 e. The van der Waals surface area contributed by atoms with Gasteiger partial charge in [0.15, 0.2) is 0 Å². The lowest BCUT2D eigenvalue weighted by Gasteiger charge is -2.09. The third-order valence-electron chi connectivity index (χ3n) is 3.31. The van der Waals surface area contributed by atoms with Crippen molar-refractivity contribution >= 4 is 27.4 Å². The third kappa shape index (κ3) is 2.76. The molecule has 0 fully saturated rings. The van der Waals surface area contributed by atoms with Crippen molar-refractivity contribution in [2.24, 2.45) is 0 Å². The van der Waals surface area contributed by atoms with E-state index in [0.717, 1.165) is 16.5 Å². The highest BCUT2D eigenvalue weighted by Crippen LogP contribution is 2.28. The summed E-state index contributed by atoms with van der Waals surface area (Å²) in [6.45, 7) is 2.23. The second-order valence-corrected chi connectivity index (χ2v) is 5.76. The second kappa shape index (κ2) is 5.58. The van der Waals surface area contributed by atoms with E-state index >= 15 is 0 Å². The SMILES string of the molecule is Cc1ccc(OCc2csc3ccccc23)c(C(=O)O)c1. The van der Waals surface area contributed by atoms with Crippen molar-refractivity contribution in [3.05, 3.63) is 64.5 Å². The summed E-state index contributed by atoms with van der Waals surface area (Å²) >= 11 is 1.67. The average molecular weight is 298 g/mol. The number of fused-ring (bicyclic) bond motifs is 1. The highest BCUT2D eigenvalue weighted by molar-refractivity contribution is 7.17. The fourth-order valence-corrected chi connectivity index (χ4v) is 3.18. The fraction of sp³-hybridized carbons (Fsp3) is 0.118. The molecule has 4 heteroatoms. The van der Waals surface area contributed by atoms with Gasteiger partial charge in [-0.05, 0) is 35.9 Å². The molecule has 0 aliphatic carbocycles. The van der Waals surface area contributed by atoms with E-state index in [1.165, 1.54) is 4.70 Å². The zero-order chi connectivity index (χ0) is 14.8. The molecular formula is C17H14O3S. The highest BCUT2D eigenvalue weighted by Gasteiger charge is 2.12. The van der Waals surface area contributed by atoms with Crippen molar-refractivity contribution in [3.8, 4) is 5.75 Å². The van der Waals surface area contributed by atoms with Crippen molar-refractivity contribution < 1.29 is 14.6 Å². The molecule has 0 bridgehead atoms. The van der Waals surface area contributed by atoms with Crippen molar-refractivity contribution in [2.75, 3.05) is 0 Å².